The summed E-state index contributed by atoms with van der Waals surface area (Å²) < 4.78 is 7.41. The van der Waals surface area contributed by atoms with E-state index < -0.39 is 0 Å². The molecule has 0 unspecified atom stereocenters. The van der Waals surface area contributed by atoms with Gasteiger partial charge in [-0.15, -0.1) is 0 Å². The Hall–Kier alpha value is -3.67. The molecule has 146 valence electrons. The number of nitrogens with one attached hydrogen (secondary N) is 1. The fourth-order valence-electron chi connectivity index (χ4n) is 3.20. The van der Waals surface area contributed by atoms with Crippen LogP contribution in [0.2, 0.25) is 0 Å². The number of aromatic nitrogens is 3. The van der Waals surface area contributed by atoms with E-state index in [2.05, 4.69) is 10.3 Å². The van der Waals surface area contributed by atoms with Gasteiger partial charge in [0.2, 0.25) is 0 Å². The van der Waals surface area contributed by atoms with E-state index >= 15 is 0 Å². The number of carbonyl (C=O) groups is 1. The average molecular weight is 386 g/mol. The van der Waals surface area contributed by atoms with Crippen molar-refractivity contribution in [3.8, 4) is 17.0 Å². The summed E-state index contributed by atoms with van der Waals surface area (Å²) in [6, 6.07) is 15.4. The number of ether oxygens (including phenoxy) is 1. The minimum Gasteiger partial charge on any atom is -0.490 e. The van der Waals surface area contributed by atoms with Crippen LogP contribution in [0.15, 0.2) is 60.9 Å². The summed E-state index contributed by atoms with van der Waals surface area (Å²) in [7, 11) is 0. The zero-order chi connectivity index (χ0) is 20.4. The molecule has 0 spiro atoms. The van der Waals surface area contributed by atoms with Crippen molar-refractivity contribution in [1.82, 2.24) is 14.4 Å². The van der Waals surface area contributed by atoms with Crippen LogP contribution in [0.5, 0.6) is 5.75 Å². The van der Waals surface area contributed by atoms with Gasteiger partial charge in [-0.1, -0.05) is 35.9 Å². The van der Waals surface area contributed by atoms with E-state index in [4.69, 9.17) is 9.72 Å². The number of pyridine rings is 2. The molecule has 1 amide bonds. The van der Waals surface area contributed by atoms with E-state index in [1.807, 2.05) is 67.8 Å². The van der Waals surface area contributed by atoms with E-state index in [0.29, 0.717) is 35.2 Å². The molecule has 29 heavy (non-hydrogen) atoms. The minimum absolute atomic E-state index is 0.293. The van der Waals surface area contributed by atoms with Crippen LogP contribution >= 0.6 is 0 Å². The number of anilines is 1. The number of nitrogens with zero attached hydrogens (tertiary/aromatic N) is 3. The van der Waals surface area contributed by atoms with Crippen LogP contribution in [0.3, 0.4) is 0 Å². The third-order valence-electron chi connectivity index (χ3n) is 4.61. The summed E-state index contributed by atoms with van der Waals surface area (Å²) in [6.45, 7) is 6.39. The van der Waals surface area contributed by atoms with E-state index in [1.54, 1.807) is 18.3 Å². The van der Waals surface area contributed by atoms with Crippen LogP contribution in [0.1, 0.15) is 28.5 Å². The van der Waals surface area contributed by atoms with E-state index in [-0.39, 0.29) is 5.91 Å². The maximum absolute atomic E-state index is 13.4. The van der Waals surface area contributed by atoms with E-state index in [9.17, 15) is 4.79 Å². The third kappa shape index (κ3) is 3.69. The topological polar surface area (TPSA) is 68.5 Å². The number of amides is 1. The second kappa shape index (κ2) is 7.75. The fraction of sp³-hybridized carbons (Fsp3) is 0.174. The predicted molar refractivity (Wildman–Crippen MR) is 113 cm³/mol. The Balaban J connectivity index is 1.83. The molecule has 3 heterocycles. The molecule has 6 heteroatoms. The van der Waals surface area contributed by atoms with Gasteiger partial charge in [-0.2, -0.15) is 0 Å². The molecular formula is C23H22N4O2. The number of aryl methyl sites for hydroxylation is 2. The van der Waals surface area contributed by atoms with Crippen molar-refractivity contribution >= 4 is 17.4 Å². The maximum Gasteiger partial charge on any atom is 0.276 e. The molecule has 0 aliphatic rings. The summed E-state index contributed by atoms with van der Waals surface area (Å²) in [5.41, 5.74) is 4.86. The molecule has 1 N–H and O–H groups in total. The van der Waals surface area contributed by atoms with Crippen molar-refractivity contribution in [3.63, 3.8) is 0 Å². The second-order valence-corrected chi connectivity index (χ2v) is 6.85. The summed E-state index contributed by atoms with van der Waals surface area (Å²) in [6.07, 6.45) is 3.54. The Bertz CT molecular complexity index is 1180. The van der Waals surface area contributed by atoms with Crippen molar-refractivity contribution in [3.05, 3.63) is 77.7 Å². The molecule has 0 saturated carbocycles. The first kappa shape index (κ1) is 18.7. The van der Waals surface area contributed by atoms with Crippen LogP contribution < -0.4 is 10.1 Å². The molecule has 6 nitrogen and oxygen atoms in total. The van der Waals surface area contributed by atoms with Gasteiger partial charge in [-0.25, -0.2) is 9.97 Å². The zero-order valence-electron chi connectivity index (χ0n) is 16.6. The minimum atomic E-state index is -0.293. The van der Waals surface area contributed by atoms with Crippen LogP contribution in [-0.2, 0) is 0 Å². The van der Waals surface area contributed by atoms with Gasteiger partial charge in [0.1, 0.15) is 17.0 Å². The lowest BCUT2D eigenvalue weighted by atomic mass is 10.1. The molecule has 4 rings (SSSR count). The quantitative estimate of drug-likeness (QED) is 0.541. The monoisotopic (exact) mass is 386 g/mol. The van der Waals surface area contributed by atoms with Gasteiger partial charge in [0.15, 0.2) is 11.6 Å². The molecule has 0 bridgehead atoms. The average Bonchev–Trinajstić information content (AvgIpc) is 3.09. The first-order chi connectivity index (χ1) is 14.1. The number of hydrogen-bond donors (Lipinski definition) is 1. The van der Waals surface area contributed by atoms with Crippen molar-refractivity contribution in [2.24, 2.45) is 0 Å². The molecule has 0 aliphatic carbocycles. The molecule has 0 radical (unpaired) electrons. The third-order valence-corrected chi connectivity index (χ3v) is 4.61. The van der Waals surface area contributed by atoms with Crippen LogP contribution in [0.25, 0.3) is 16.9 Å². The SMILES string of the molecule is CCOc1cccnc1NC(=O)c1c(-c2ccc(C)cc2)nc2ccc(C)cn12. The van der Waals surface area contributed by atoms with E-state index in [1.165, 1.54) is 0 Å². The highest BCUT2D eigenvalue weighted by Gasteiger charge is 2.22. The summed E-state index contributed by atoms with van der Waals surface area (Å²) >= 11 is 0. The second-order valence-electron chi connectivity index (χ2n) is 6.85. The molecule has 0 aliphatic heterocycles. The first-order valence-corrected chi connectivity index (χ1v) is 9.51. The Morgan fingerprint density at radius 2 is 1.83 bits per heavy atom. The lowest BCUT2D eigenvalue weighted by Crippen LogP contribution is -2.17. The number of benzene rings is 1. The Labute approximate surface area is 169 Å². The molecule has 3 aromatic heterocycles. The molecule has 1 aromatic carbocycles. The molecule has 0 fully saturated rings. The Morgan fingerprint density at radius 3 is 2.59 bits per heavy atom. The Kier molecular flexibility index (Phi) is 4.99. The number of imidazole rings is 1. The van der Waals surface area contributed by atoms with Crippen molar-refractivity contribution in [1.29, 1.82) is 0 Å². The number of carbonyl (C=O) groups excluding carboxylic acids is 1. The van der Waals surface area contributed by atoms with Crippen LogP contribution in [-0.4, -0.2) is 26.9 Å². The molecule has 0 atom stereocenters. The maximum atomic E-state index is 13.4. The van der Waals surface area contributed by atoms with Gasteiger partial charge in [-0.05, 0) is 44.5 Å². The standard InChI is InChI=1S/C23H22N4O2/c1-4-29-18-6-5-13-24-22(18)26-23(28)21-20(17-10-7-15(2)8-11-17)25-19-12-9-16(3)14-27(19)21/h5-14H,4H2,1-3H3,(H,24,26,28). The molecular weight excluding hydrogens is 364 g/mol. The summed E-state index contributed by atoms with van der Waals surface area (Å²) in [5, 5.41) is 2.90. The van der Waals surface area contributed by atoms with Crippen LogP contribution in [0, 0.1) is 13.8 Å². The van der Waals surface area contributed by atoms with Gasteiger partial charge in [0.05, 0.1) is 6.61 Å². The number of hydrogen-bond acceptors (Lipinski definition) is 4. The van der Waals surface area contributed by atoms with Gasteiger partial charge in [0.25, 0.3) is 5.91 Å². The summed E-state index contributed by atoms with van der Waals surface area (Å²) in [5.74, 6) is 0.625. The Morgan fingerprint density at radius 1 is 1.07 bits per heavy atom. The van der Waals surface area contributed by atoms with E-state index in [0.717, 1.165) is 16.7 Å². The lowest BCUT2D eigenvalue weighted by Gasteiger charge is -2.11. The highest BCUT2D eigenvalue weighted by Crippen LogP contribution is 2.27. The van der Waals surface area contributed by atoms with Gasteiger partial charge < -0.3 is 10.1 Å². The van der Waals surface area contributed by atoms with Crippen LogP contribution in [0.4, 0.5) is 5.82 Å². The normalized spacial score (nSPS) is 10.9. The number of fused-ring (bicyclic) bond motifs is 1. The smallest absolute Gasteiger partial charge is 0.276 e. The van der Waals surface area contributed by atoms with Crippen molar-refractivity contribution in [2.45, 2.75) is 20.8 Å². The zero-order valence-corrected chi connectivity index (χ0v) is 16.6. The molecule has 0 saturated heterocycles. The number of rotatable bonds is 5. The molecule has 4 aromatic rings. The first-order valence-electron chi connectivity index (χ1n) is 9.51. The van der Waals surface area contributed by atoms with Gasteiger partial charge in [-0.3, -0.25) is 9.20 Å². The van der Waals surface area contributed by atoms with Gasteiger partial charge in [0, 0.05) is 18.0 Å². The summed E-state index contributed by atoms with van der Waals surface area (Å²) in [4.78, 5) is 22.3. The lowest BCUT2D eigenvalue weighted by molar-refractivity contribution is 0.102. The fourth-order valence-corrected chi connectivity index (χ4v) is 3.20. The van der Waals surface area contributed by atoms with Crippen molar-refractivity contribution < 1.29 is 9.53 Å². The van der Waals surface area contributed by atoms with Gasteiger partial charge >= 0.3 is 0 Å². The highest BCUT2D eigenvalue weighted by atomic mass is 16.5. The predicted octanol–water partition coefficient (Wildman–Crippen LogP) is 4.66. The highest BCUT2D eigenvalue weighted by molar-refractivity contribution is 6.07. The van der Waals surface area contributed by atoms with Crippen molar-refractivity contribution in [2.75, 3.05) is 11.9 Å². The largest absolute Gasteiger partial charge is 0.490 e.